The van der Waals surface area contributed by atoms with Crippen LogP contribution in [0.15, 0.2) is 0 Å². The van der Waals surface area contributed by atoms with Crippen molar-refractivity contribution in [1.29, 1.82) is 0 Å². The Balaban J connectivity index is 2.08. The van der Waals surface area contributed by atoms with Crippen LogP contribution >= 0.6 is 11.8 Å². The zero-order chi connectivity index (χ0) is 22.6. The number of carbonyl (C=O) groups is 1. The lowest BCUT2D eigenvalue weighted by Gasteiger charge is -2.44. The van der Waals surface area contributed by atoms with Crippen molar-refractivity contribution in [3.63, 3.8) is 0 Å². The van der Waals surface area contributed by atoms with Gasteiger partial charge in [0.25, 0.3) is 0 Å². The van der Waals surface area contributed by atoms with Crippen LogP contribution < -0.4 is 10.6 Å². The molecule has 0 saturated carbocycles. The van der Waals surface area contributed by atoms with E-state index in [2.05, 4.69) is 10.6 Å². The predicted molar refractivity (Wildman–Crippen MR) is 107 cm³/mol. The first-order chi connectivity index (χ1) is 14.0. The van der Waals surface area contributed by atoms with E-state index in [9.17, 15) is 33.3 Å². The molecule has 7 nitrogen and oxygen atoms in total. The van der Waals surface area contributed by atoms with E-state index in [4.69, 9.17) is 4.74 Å². The summed E-state index contributed by atoms with van der Waals surface area (Å²) in [6.45, 7) is 3.78. The van der Waals surface area contributed by atoms with Crippen LogP contribution in [0, 0.1) is 5.92 Å². The number of alkyl halides is 3. The first-order valence-electron chi connectivity index (χ1n) is 10.2. The fourth-order valence-corrected chi connectivity index (χ4v) is 4.73. The first kappa shape index (κ1) is 25.7. The summed E-state index contributed by atoms with van der Waals surface area (Å²) in [4.78, 5) is 12.8. The van der Waals surface area contributed by atoms with E-state index >= 15 is 0 Å². The van der Waals surface area contributed by atoms with Crippen molar-refractivity contribution in [2.45, 2.75) is 93.6 Å². The van der Waals surface area contributed by atoms with Gasteiger partial charge in [0.05, 0.1) is 12.1 Å². The molecule has 0 bridgehead atoms. The second-order valence-corrected chi connectivity index (χ2v) is 9.43. The molecule has 2 rings (SSSR count). The summed E-state index contributed by atoms with van der Waals surface area (Å²) >= 11 is 1.17. The molecule has 30 heavy (non-hydrogen) atoms. The largest absolute Gasteiger partial charge is 0.388 e. The summed E-state index contributed by atoms with van der Waals surface area (Å²) in [5.74, 6) is -0.735. The lowest BCUT2D eigenvalue weighted by Crippen LogP contribution is -2.65. The van der Waals surface area contributed by atoms with Gasteiger partial charge in [-0.15, -0.1) is 11.8 Å². The average molecular weight is 459 g/mol. The first-order valence-corrected chi connectivity index (χ1v) is 11.5. The van der Waals surface area contributed by atoms with Gasteiger partial charge < -0.3 is 30.7 Å². The summed E-state index contributed by atoms with van der Waals surface area (Å²) < 4.78 is 45.7. The van der Waals surface area contributed by atoms with Gasteiger partial charge in [0.2, 0.25) is 12.3 Å². The van der Waals surface area contributed by atoms with E-state index in [1.165, 1.54) is 11.8 Å². The van der Waals surface area contributed by atoms with Crippen LogP contribution in [0.25, 0.3) is 0 Å². The number of ether oxygens (including phenoxy) is 1. The Labute approximate surface area is 179 Å². The summed E-state index contributed by atoms with van der Waals surface area (Å²) in [7, 11) is 0. The van der Waals surface area contributed by atoms with Crippen molar-refractivity contribution in [3.8, 4) is 0 Å². The Morgan fingerprint density at radius 2 is 1.93 bits per heavy atom. The second-order valence-electron chi connectivity index (χ2n) is 8.50. The van der Waals surface area contributed by atoms with Crippen molar-refractivity contribution in [1.82, 2.24) is 10.6 Å². The predicted octanol–water partition coefficient (Wildman–Crippen LogP) is 0.803. The number of aliphatic hydroxyl groups excluding tert-OH is 3. The Kier molecular flexibility index (Phi) is 9.26. The number of hydrogen-bond acceptors (Lipinski definition) is 7. The second kappa shape index (κ2) is 10.8. The molecule has 0 radical (unpaired) electrons. The van der Waals surface area contributed by atoms with Crippen molar-refractivity contribution >= 4 is 17.7 Å². The number of carbonyl (C=O) groups excluding carboxylic acids is 1. The van der Waals surface area contributed by atoms with E-state index < -0.39 is 66.4 Å². The van der Waals surface area contributed by atoms with Crippen molar-refractivity contribution in [2.24, 2.45) is 5.92 Å². The van der Waals surface area contributed by atoms with Gasteiger partial charge in [0.1, 0.15) is 35.5 Å². The highest BCUT2D eigenvalue weighted by atomic mass is 32.2. The van der Waals surface area contributed by atoms with Crippen LogP contribution in [-0.4, -0.2) is 88.1 Å². The highest BCUT2D eigenvalue weighted by Gasteiger charge is 2.48. The van der Waals surface area contributed by atoms with Gasteiger partial charge in [0, 0.05) is 12.8 Å². The Bertz CT molecular complexity index is 574. The van der Waals surface area contributed by atoms with Crippen molar-refractivity contribution in [3.05, 3.63) is 0 Å². The zero-order valence-electron chi connectivity index (χ0n) is 17.4. The van der Waals surface area contributed by atoms with Crippen LogP contribution in [0.1, 0.15) is 39.5 Å². The molecule has 0 aromatic rings. The Morgan fingerprint density at radius 1 is 1.27 bits per heavy atom. The smallest absolute Gasteiger partial charge is 0.238 e. The van der Waals surface area contributed by atoms with Crippen LogP contribution in [0.4, 0.5) is 13.2 Å². The maximum atomic E-state index is 15.0. The number of halogens is 3. The third-order valence-corrected chi connectivity index (χ3v) is 6.74. The molecule has 8 atom stereocenters. The van der Waals surface area contributed by atoms with Gasteiger partial charge in [0.15, 0.2) is 0 Å². The summed E-state index contributed by atoms with van der Waals surface area (Å²) in [5, 5.41) is 36.3. The van der Waals surface area contributed by atoms with Crippen LogP contribution in [-0.2, 0) is 9.53 Å². The standard InChI is InChI=1S/C19H33F3N2O5S/c1-9(2)12(16-14(26)13(25)15(27)18(29-16)30-3)24-17(28)10-8-19(22,6-7-23-10)5-4-11(20)21/h9-16,18,23,25-27H,4-8H2,1-3H3,(H,24,28)/t10-,12+,13-,14+,15+,16+,18+,19?/m0/s1. The Hall–Kier alpha value is -0.590. The molecule has 2 fully saturated rings. The number of amides is 1. The molecule has 1 amide bonds. The number of nitrogens with one attached hydrogen (secondary N) is 2. The molecule has 0 aliphatic carbocycles. The molecule has 0 aromatic carbocycles. The molecule has 5 N–H and O–H groups in total. The molecule has 0 aromatic heterocycles. The van der Waals surface area contributed by atoms with Gasteiger partial charge in [-0.2, -0.15) is 0 Å². The monoisotopic (exact) mass is 458 g/mol. The molecule has 1 unspecified atom stereocenters. The van der Waals surface area contributed by atoms with Gasteiger partial charge in [-0.3, -0.25) is 4.79 Å². The molecule has 2 aliphatic rings. The molecule has 2 heterocycles. The van der Waals surface area contributed by atoms with Crippen LogP contribution in [0.2, 0.25) is 0 Å². The van der Waals surface area contributed by atoms with E-state index in [-0.39, 0.29) is 31.7 Å². The number of aliphatic hydroxyl groups is 3. The summed E-state index contributed by atoms with van der Waals surface area (Å²) in [5.41, 5.74) is -2.63. The molecule has 11 heteroatoms. The third kappa shape index (κ3) is 6.23. The van der Waals surface area contributed by atoms with Gasteiger partial charge in [-0.05, 0) is 31.6 Å². The molecule has 0 spiro atoms. The number of hydrogen-bond donors (Lipinski definition) is 5. The van der Waals surface area contributed by atoms with Gasteiger partial charge in [-0.25, -0.2) is 13.2 Å². The summed E-state index contributed by atoms with van der Waals surface area (Å²) in [6.07, 6.45) is -7.09. The number of thioether (sulfide) groups is 1. The minimum atomic E-state index is -2.60. The average Bonchev–Trinajstić information content (AvgIpc) is 2.69. The summed E-state index contributed by atoms with van der Waals surface area (Å²) in [6, 6.07) is -1.63. The lowest BCUT2D eigenvalue weighted by molar-refractivity contribution is -0.208. The third-order valence-electron chi connectivity index (χ3n) is 5.88. The number of piperidine rings is 1. The van der Waals surface area contributed by atoms with Crippen molar-refractivity contribution in [2.75, 3.05) is 12.8 Å². The van der Waals surface area contributed by atoms with E-state index in [1.54, 1.807) is 20.1 Å². The topological polar surface area (TPSA) is 111 Å². The fraction of sp³-hybridized carbons (Fsp3) is 0.947. The van der Waals surface area contributed by atoms with E-state index in [0.717, 1.165) is 0 Å². The number of rotatable bonds is 8. The van der Waals surface area contributed by atoms with E-state index in [1.807, 2.05) is 0 Å². The highest BCUT2D eigenvalue weighted by molar-refractivity contribution is 7.99. The molecule has 2 saturated heterocycles. The van der Waals surface area contributed by atoms with Crippen LogP contribution in [0.3, 0.4) is 0 Å². The SMILES string of the molecule is CS[C@H]1O[C@H]([C@H](NC(=O)[C@@H]2CC(F)(CCC(F)F)CCN2)C(C)C)[C@H](O)[C@H](O)[C@H]1O. The zero-order valence-corrected chi connectivity index (χ0v) is 18.2. The minimum absolute atomic E-state index is 0.0566. The maximum absolute atomic E-state index is 15.0. The minimum Gasteiger partial charge on any atom is -0.388 e. The fourth-order valence-electron chi connectivity index (χ4n) is 4.05. The molecular weight excluding hydrogens is 425 g/mol. The van der Waals surface area contributed by atoms with Crippen molar-refractivity contribution < 1.29 is 38.0 Å². The van der Waals surface area contributed by atoms with Crippen LogP contribution in [0.5, 0.6) is 0 Å². The van der Waals surface area contributed by atoms with Gasteiger partial charge in [-0.1, -0.05) is 13.8 Å². The Morgan fingerprint density at radius 3 is 2.50 bits per heavy atom. The highest BCUT2D eigenvalue weighted by Crippen LogP contribution is 2.33. The maximum Gasteiger partial charge on any atom is 0.238 e. The quantitative estimate of drug-likeness (QED) is 0.366. The molecule has 2 aliphatic heterocycles. The normalized spacial score (nSPS) is 38.6. The lowest BCUT2D eigenvalue weighted by atomic mass is 9.84. The van der Waals surface area contributed by atoms with Gasteiger partial charge >= 0.3 is 0 Å². The molecule has 176 valence electrons. The van der Waals surface area contributed by atoms with E-state index in [0.29, 0.717) is 0 Å². The molecular formula is C19H33F3N2O5S.